The van der Waals surface area contributed by atoms with Crippen molar-refractivity contribution in [1.82, 2.24) is 9.47 Å². The van der Waals surface area contributed by atoms with Gasteiger partial charge in [0.15, 0.2) is 0 Å². The van der Waals surface area contributed by atoms with Crippen LogP contribution in [-0.2, 0) is 7.05 Å². The highest BCUT2D eigenvalue weighted by atomic mass is 16.5. The second kappa shape index (κ2) is 7.67. The van der Waals surface area contributed by atoms with Gasteiger partial charge in [0.05, 0.1) is 0 Å². The highest BCUT2D eigenvalue weighted by molar-refractivity contribution is 5.63. The molecule has 1 aromatic carbocycles. The zero-order valence-corrected chi connectivity index (χ0v) is 15.6. The van der Waals surface area contributed by atoms with Gasteiger partial charge in [0.1, 0.15) is 11.9 Å². The first-order valence-corrected chi connectivity index (χ1v) is 9.87. The van der Waals surface area contributed by atoms with Gasteiger partial charge >= 0.3 is 0 Å². The maximum Gasteiger partial charge on any atom is 0.250 e. The average molecular weight is 352 g/mol. The first kappa shape index (κ1) is 17.3. The minimum Gasteiger partial charge on any atom is -0.490 e. The molecule has 1 aliphatic heterocycles. The second-order valence-corrected chi connectivity index (χ2v) is 7.68. The smallest absolute Gasteiger partial charge is 0.250 e. The van der Waals surface area contributed by atoms with E-state index >= 15 is 0 Å². The van der Waals surface area contributed by atoms with Gasteiger partial charge in [-0.1, -0.05) is 25.0 Å². The topological polar surface area (TPSA) is 34.5 Å². The third-order valence-corrected chi connectivity index (χ3v) is 5.91. The van der Waals surface area contributed by atoms with Crippen molar-refractivity contribution in [2.24, 2.45) is 7.05 Å². The molecule has 4 nitrogen and oxygen atoms in total. The Morgan fingerprint density at radius 2 is 1.62 bits per heavy atom. The molecular formula is C22H28N2O2. The van der Waals surface area contributed by atoms with Crippen LogP contribution >= 0.6 is 0 Å². The number of piperidine rings is 1. The molecule has 0 N–H and O–H groups in total. The van der Waals surface area contributed by atoms with Gasteiger partial charge in [0.25, 0.3) is 5.56 Å². The molecule has 2 aliphatic rings. The summed E-state index contributed by atoms with van der Waals surface area (Å²) in [5, 5.41) is 0. The fourth-order valence-electron chi connectivity index (χ4n) is 4.27. The predicted octanol–water partition coefficient (Wildman–Crippen LogP) is 3.84. The summed E-state index contributed by atoms with van der Waals surface area (Å²) in [5.74, 6) is 0.928. The van der Waals surface area contributed by atoms with Crippen LogP contribution in [0.15, 0.2) is 47.4 Å². The van der Waals surface area contributed by atoms with Gasteiger partial charge in [-0.15, -0.1) is 0 Å². The molecule has 1 saturated carbocycles. The molecule has 4 rings (SSSR count). The van der Waals surface area contributed by atoms with Gasteiger partial charge in [-0.2, -0.15) is 0 Å². The number of aromatic nitrogens is 1. The molecule has 138 valence electrons. The van der Waals surface area contributed by atoms with Crippen LogP contribution in [0.1, 0.15) is 38.5 Å². The molecule has 1 aromatic heterocycles. The van der Waals surface area contributed by atoms with Crippen molar-refractivity contribution in [1.29, 1.82) is 0 Å². The average Bonchev–Trinajstić information content (AvgIpc) is 3.20. The van der Waals surface area contributed by atoms with Gasteiger partial charge in [-0.05, 0) is 55.0 Å². The summed E-state index contributed by atoms with van der Waals surface area (Å²) in [6, 6.07) is 12.6. The first-order valence-electron chi connectivity index (χ1n) is 9.87. The normalized spacial score (nSPS) is 19.7. The van der Waals surface area contributed by atoms with Gasteiger partial charge in [-0.3, -0.25) is 4.79 Å². The number of nitrogens with zero attached hydrogens (tertiary/aromatic N) is 2. The predicted molar refractivity (Wildman–Crippen MR) is 105 cm³/mol. The summed E-state index contributed by atoms with van der Waals surface area (Å²) in [6.45, 7) is 2.33. The van der Waals surface area contributed by atoms with E-state index in [0.29, 0.717) is 6.10 Å². The molecular weight excluding hydrogens is 324 g/mol. The van der Waals surface area contributed by atoms with Crippen molar-refractivity contribution < 1.29 is 4.74 Å². The summed E-state index contributed by atoms with van der Waals surface area (Å²) in [4.78, 5) is 14.5. The number of aryl methyl sites for hydroxylation is 1. The van der Waals surface area contributed by atoms with Crippen molar-refractivity contribution in [3.8, 4) is 16.9 Å². The second-order valence-electron chi connectivity index (χ2n) is 7.68. The molecule has 2 aromatic rings. The summed E-state index contributed by atoms with van der Waals surface area (Å²) in [6.07, 6.45) is 9.94. The fraction of sp³-hybridized carbons (Fsp3) is 0.500. The van der Waals surface area contributed by atoms with E-state index in [2.05, 4.69) is 4.90 Å². The van der Waals surface area contributed by atoms with Crippen molar-refractivity contribution in [2.45, 2.75) is 50.7 Å². The van der Waals surface area contributed by atoms with E-state index in [0.717, 1.165) is 35.8 Å². The Kier molecular flexibility index (Phi) is 5.11. The molecule has 1 aliphatic carbocycles. The molecule has 2 fully saturated rings. The van der Waals surface area contributed by atoms with Gasteiger partial charge < -0.3 is 14.2 Å². The Morgan fingerprint density at radius 1 is 0.923 bits per heavy atom. The SMILES string of the molecule is Cn1ccc(-c2ccc(OC3CCN(C4CCCC4)CC3)cc2)cc1=O. The number of ether oxygens (including phenoxy) is 1. The fourth-order valence-corrected chi connectivity index (χ4v) is 4.27. The number of hydrogen-bond acceptors (Lipinski definition) is 3. The Bertz CT molecular complexity index is 783. The maximum atomic E-state index is 11.8. The van der Waals surface area contributed by atoms with Crippen molar-refractivity contribution >= 4 is 0 Å². The van der Waals surface area contributed by atoms with E-state index < -0.39 is 0 Å². The van der Waals surface area contributed by atoms with Crippen LogP contribution < -0.4 is 10.3 Å². The number of pyridine rings is 1. The third-order valence-electron chi connectivity index (χ3n) is 5.91. The first-order chi connectivity index (χ1) is 12.7. The zero-order valence-electron chi connectivity index (χ0n) is 15.6. The lowest BCUT2D eigenvalue weighted by Crippen LogP contribution is -2.43. The quantitative estimate of drug-likeness (QED) is 0.838. The lowest BCUT2D eigenvalue weighted by atomic mass is 10.0. The van der Waals surface area contributed by atoms with Gasteiger partial charge in [0, 0.05) is 38.4 Å². The van der Waals surface area contributed by atoms with E-state index in [1.807, 2.05) is 30.3 Å². The molecule has 0 unspecified atom stereocenters. The minimum atomic E-state index is 0.0110. The number of rotatable bonds is 4. The molecule has 0 bridgehead atoms. The largest absolute Gasteiger partial charge is 0.490 e. The standard InChI is InChI=1S/C22H28N2O2/c1-23-13-10-18(16-22(23)25)17-6-8-20(9-7-17)26-21-11-14-24(15-12-21)19-4-2-3-5-19/h6-10,13,16,19,21H,2-5,11-12,14-15H2,1H3. The van der Waals surface area contributed by atoms with Crippen LogP contribution in [0.2, 0.25) is 0 Å². The van der Waals surface area contributed by atoms with E-state index in [1.54, 1.807) is 23.9 Å². The van der Waals surface area contributed by atoms with Crippen LogP contribution in [0.25, 0.3) is 11.1 Å². The Morgan fingerprint density at radius 3 is 2.27 bits per heavy atom. The Hall–Kier alpha value is -2.07. The van der Waals surface area contributed by atoms with Crippen LogP contribution in [-0.4, -0.2) is 34.7 Å². The molecule has 0 spiro atoms. The highest BCUT2D eigenvalue weighted by Gasteiger charge is 2.27. The van der Waals surface area contributed by atoms with Crippen molar-refractivity contribution in [2.75, 3.05) is 13.1 Å². The van der Waals surface area contributed by atoms with E-state index in [4.69, 9.17) is 4.74 Å². The van der Waals surface area contributed by atoms with Crippen molar-refractivity contribution in [3.05, 3.63) is 52.9 Å². The monoisotopic (exact) mass is 352 g/mol. The Labute approximate surface area is 155 Å². The van der Waals surface area contributed by atoms with E-state index in [-0.39, 0.29) is 5.56 Å². The van der Waals surface area contributed by atoms with E-state index in [1.165, 1.54) is 38.8 Å². The number of benzene rings is 1. The third kappa shape index (κ3) is 3.85. The lowest BCUT2D eigenvalue weighted by molar-refractivity contribution is 0.0768. The van der Waals surface area contributed by atoms with Crippen molar-refractivity contribution in [3.63, 3.8) is 0 Å². The van der Waals surface area contributed by atoms with Crippen LogP contribution in [0.4, 0.5) is 0 Å². The zero-order chi connectivity index (χ0) is 17.9. The van der Waals surface area contributed by atoms with Crippen LogP contribution in [0.3, 0.4) is 0 Å². The van der Waals surface area contributed by atoms with Crippen LogP contribution in [0.5, 0.6) is 5.75 Å². The maximum absolute atomic E-state index is 11.8. The van der Waals surface area contributed by atoms with Crippen LogP contribution in [0, 0.1) is 0 Å². The number of hydrogen-bond donors (Lipinski definition) is 0. The van der Waals surface area contributed by atoms with Gasteiger partial charge in [-0.25, -0.2) is 0 Å². The summed E-state index contributed by atoms with van der Waals surface area (Å²) < 4.78 is 7.79. The molecule has 0 amide bonds. The molecule has 1 saturated heterocycles. The molecule has 26 heavy (non-hydrogen) atoms. The lowest BCUT2D eigenvalue weighted by Gasteiger charge is -2.36. The minimum absolute atomic E-state index is 0.0110. The number of likely N-dealkylation sites (tertiary alicyclic amines) is 1. The molecule has 0 atom stereocenters. The Balaban J connectivity index is 1.34. The van der Waals surface area contributed by atoms with Gasteiger partial charge in [0.2, 0.25) is 0 Å². The molecule has 0 radical (unpaired) electrons. The molecule has 4 heteroatoms. The summed E-state index contributed by atoms with van der Waals surface area (Å²) in [7, 11) is 1.76. The van der Waals surface area contributed by atoms with E-state index in [9.17, 15) is 4.79 Å². The molecule has 2 heterocycles. The summed E-state index contributed by atoms with van der Waals surface area (Å²) in [5.41, 5.74) is 2.01. The summed E-state index contributed by atoms with van der Waals surface area (Å²) >= 11 is 0. The highest BCUT2D eigenvalue weighted by Crippen LogP contribution is 2.28.